The zero-order chi connectivity index (χ0) is 14.7. The molecule has 5 heteroatoms. The van der Waals surface area contributed by atoms with Crippen molar-refractivity contribution >= 4 is 22.6 Å². The molecule has 0 unspecified atom stereocenters. The van der Waals surface area contributed by atoms with Crippen LogP contribution in [0.4, 0.5) is 5.69 Å². The summed E-state index contributed by atoms with van der Waals surface area (Å²) in [4.78, 5) is 18.6. The molecule has 2 aromatic rings. The van der Waals surface area contributed by atoms with Crippen LogP contribution in [0.15, 0.2) is 30.5 Å². The standard InChI is InChI=1S/C16H18N2O3/c1-2-21-16(19)13-5-6-17-15-4-3-12(11-14(13)15)18-7-9-20-10-8-18/h3-6,11H,2,7-10H2,1H3. The normalized spacial score (nSPS) is 15.2. The largest absolute Gasteiger partial charge is 0.462 e. The Bertz CT molecular complexity index is 651. The van der Waals surface area contributed by atoms with Gasteiger partial charge in [-0.25, -0.2) is 4.79 Å². The van der Waals surface area contributed by atoms with Crippen LogP contribution in [0.3, 0.4) is 0 Å². The topological polar surface area (TPSA) is 51.7 Å². The van der Waals surface area contributed by atoms with Crippen molar-refractivity contribution in [2.75, 3.05) is 37.8 Å². The van der Waals surface area contributed by atoms with Crippen LogP contribution in [0, 0.1) is 0 Å². The number of anilines is 1. The van der Waals surface area contributed by atoms with Gasteiger partial charge in [-0.05, 0) is 31.2 Å². The molecule has 1 aliphatic heterocycles. The summed E-state index contributed by atoms with van der Waals surface area (Å²) in [5.41, 5.74) is 2.46. The summed E-state index contributed by atoms with van der Waals surface area (Å²) in [6, 6.07) is 7.71. The van der Waals surface area contributed by atoms with E-state index in [0.29, 0.717) is 12.2 Å². The summed E-state index contributed by atoms with van der Waals surface area (Å²) >= 11 is 0. The SMILES string of the molecule is CCOC(=O)c1ccnc2ccc(N3CCOCC3)cc12. The Hall–Kier alpha value is -2.14. The Labute approximate surface area is 123 Å². The molecule has 110 valence electrons. The molecule has 0 aliphatic carbocycles. The van der Waals surface area contributed by atoms with Crippen molar-refractivity contribution in [3.63, 3.8) is 0 Å². The number of esters is 1. The van der Waals surface area contributed by atoms with E-state index in [2.05, 4.69) is 9.88 Å². The van der Waals surface area contributed by atoms with E-state index in [4.69, 9.17) is 9.47 Å². The third-order valence-corrected chi connectivity index (χ3v) is 3.60. The first kappa shape index (κ1) is 13.8. The maximum Gasteiger partial charge on any atom is 0.338 e. The molecule has 0 spiro atoms. The minimum Gasteiger partial charge on any atom is -0.462 e. The second-order valence-corrected chi connectivity index (χ2v) is 4.88. The quantitative estimate of drug-likeness (QED) is 0.810. The highest BCUT2D eigenvalue weighted by Gasteiger charge is 2.15. The van der Waals surface area contributed by atoms with Gasteiger partial charge in [0.05, 0.1) is 30.9 Å². The lowest BCUT2D eigenvalue weighted by molar-refractivity contribution is 0.0528. The fraction of sp³-hybridized carbons (Fsp3) is 0.375. The summed E-state index contributed by atoms with van der Waals surface area (Å²) < 4.78 is 10.5. The van der Waals surface area contributed by atoms with Crippen molar-refractivity contribution in [1.29, 1.82) is 0 Å². The molecule has 2 heterocycles. The molecule has 0 atom stereocenters. The first-order valence-corrected chi connectivity index (χ1v) is 7.18. The number of hydrogen-bond donors (Lipinski definition) is 0. The third kappa shape index (κ3) is 2.83. The van der Waals surface area contributed by atoms with Crippen LogP contribution in [0.2, 0.25) is 0 Å². The Balaban J connectivity index is 2.02. The number of morpholine rings is 1. The second kappa shape index (κ2) is 6.10. The van der Waals surface area contributed by atoms with E-state index in [1.54, 1.807) is 19.2 Å². The number of carbonyl (C=O) groups is 1. The number of ether oxygens (including phenoxy) is 2. The lowest BCUT2D eigenvalue weighted by Crippen LogP contribution is -2.36. The predicted molar refractivity (Wildman–Crippen MR) is 80.7 cm³/mol. The van der Waals surface area contributed by atoms with Gasteiger partial charge in [0.25, 0.3) is 0 Å². The van der Waals surface area contributed by atoms with Crippen LogP contribution < -0.4 is 4.90 Å². The van der Waals surface area contributed by atoms with Gasteiger partial charge in [-0.2, -0.15) is 0 Å². The maximum atomic E-state index is 12.1. The van der Waals surface area contributed by atoms with E-state index in [-0.39, 0.29) is 5.97 Å². The zero-order valence-corrected chi connectivity index (χ0v) is 12.0. The number of rotatable bonds is 3. The smallest absolute Gasteiger partial charge is 0.338 e. The van der Waals surface area contributed by atoms with E-state index in [1.165, 1.54) is 0 Å². The molecule has 1 saturated heterocycles. The average Bonchev–Trinajstić information content (AvgIpc) is 2.55. The summed E-state index contributed by atoms with van der Waals surface area (Å²) in [5.74, 6) is -0.302. The highest BCUT2D eigenvalue weighted by molar-refractivity contribution is 6.04. The van der Waals surface area contributed by atoms with Crippen LogP contribution in [0.25, 0.3) is 10.9 Å². The first-order valence-electron chi connectivity index (χ1n) is 7.18. The van der Waals surface area contributed by atoms with Gasteiger partial charge in [0.1, 0.15) is 0 Å². The predicted octanol–water partition coefficient (Wildman–Crippen LogP) is 2.25. The number of nitrogens with zero attached hydrogens (tertiary/aromatic N) is 2. The molecular weight excluding hydrogens is 268 g/mol. The number of aromatic nitrogens is 1. The van der Waals surface area contributed by atoms with E-state index >= 15 is 0 Å². The van der Waals surface area contributed by atoms with Gasteiger partial charge in [0.15, 0.2) is 0 Å². The molecule has 1 fully saturated rings. The lowest BCUT2D eigenvalue weighted by Gasteiger charge is -2.29. The molecule has 5 nitrogen and oxygen atoms in total. The Morgan fingerprint density at radius 1 is 1.33 bits per heavy atom. The summed E-state index contributed by atoms with van der Waals surface area (Å²) in [6.45, 7) is 5.36. The minimum atomic E-state index is -0.302. The molecule has 0 saturated carbocycles. The number of pyridine rings is 1. The van der Waals surface area contributed by atoms with Gasteiger partial charge in [-0.3, -0.25) is 4.98 Å². The van der Waals surface area contributed by atoms with Crippen molar-refractivity contribution in [1.82, 2.24) is 4.98 Å². The second-order valence-electron chi connectivity index (χ2n) is 4.88. The van der Waals surface area contributed by atoms with Crippen LogP contribution in [0.1, 0.15) is 17.3 Å². The van der Waals surface area contributed by atoms with E-state index in [1.807, 2.05) is 18.2 Å². The highest BCUT2D eigenvalue weighted by atomic mass is 16.5. The van der Waals surface area contributed by atoms with Crippen molar-refractivity contribution in [3.05, 3.63) is 36.0 Å². The van der Waals surface area contributed by atoms with Crippen LogP contribution in [-0.2, 0) is 9.47 Å². The van der Waals surface area contributed by atoms with Crippen LogP contribution >= 0.6 is 0 Å². The fourth-order valence-electron chi connectivity index (χ4n) is 2.54. The highest BCUT2D eigenvalue weighted by Crippen LogP contribution is 2.25. The number of carbonyl (C=O) groups excluding carboxylic acids is 1. The van der Waals surface area contributed by atoms with Crippen LogP contribution in [-0.4, -0.2) is 43.9 Å². The Kier molecular flexibility index (Phi) is 4.01. The molecule has 21 heavy (non-hydrogen) atoms. The van der Waals surface area contributed by atoms with Crippen molar-refractivity contribution < 1.29 is 14.3 Å². The van der Waals surface area contributed by atoms with Crippen LogP contribution in [0.5, 0.6) is 0 Å². The molecular formula is C16H18N2O3. The third-order valence-electron chi connectivity index (χ3n) is 3.60. The summed E-state index contributed by atoms with van der Waals surface area (Å²) in [7, 11) is 0. The van der Waals surface area contributed by atoms with Gasteiger partial charge in [0, 0.05) is 30.4 Å². The zero-order valence-electron chi connectivity index (χ0n) is 12.0. The summed E-state index contributed by atoms with van der Waals surface area (Å²) in [5, 5.41) is 0.833. The molecule has 0 amide bonds. The lowest BCUT2D eigenvalue weighted by atomic mass is 10.1. The maximum absolute atomic E-state index is 12.1. The fourth-order valence-corrected chi connectivity index (χ4v) is 2.54. The molecule has 1 aliphatic rings. The van der Waals surface area contributed by atoms with Crippen molar-refractivity contribution in [3.8, 4) is 0 Å². The van der Waals surface area contributed by atoms with E-state index in [9.17, 15) is 4.79 Å². The monoisotopic (exact) mass is 286 g/mol. The average molecular weight is 286 g/mol. The van der Waals surface area contributed by atoms with Gasteiger partial charge < -0.3 is 14.4 Å². The molecule has 0 N–H and O–H groups in total. The molecule has 3 rings (SSSR count). The number of hydrogen-bond acceptors (Lipinski definition) is 5. The number of benzene rings is 1. The van der Waals surface area contributed by atoms with Gasteiger partial charge in [-0.1, -0.05) is 0 Å². The summed E-state index contributed by atoms with van der Waals surface area (Å²) in [6.07, 6.45) is 1.64. The van der Waals surface area contributed by atoms with Gasteiger partial charge in [-0.15, -0.1) is 0 Å². The Morgan fingerprint density at radius 3 is 2.90 bits per heavy atom. The molecule has 0 radical (unpaired) electrons. The molecule has 1 aromatic heterocycles. The van der Waals surface area contributed by atoms with E-state index in [0.717, 1.165) is 42.9 Å². The molecule has 1 aromatic carbocycles. The van der Waals surface area contributed by atoms with Crippen molar-refractivity contribution in [2.24, 2.45) is 0 Å². The van der Waals surface area contributed by atoms with Crippen molar-refractivity contribution in [2.45, 2.75) is 6.92 Å². The Morgan fingerprint density at radius 2 is 2.14 bits per heavy atom. The minimum absolute atomic E-state index is 0.302. The van der Waals surface area contributed by atoms with Gasteiger partial charge in [0.2, 0.25) is 0 Å². The van der Waals surface area contributed by atoms with E-state index < -0.39 is 0 Å². The number of fused-ring (bicyclic) bond motifs is 1. The first-order chi connectivity index (χ1) is 10.3. The molecule has 0 bridgehead atoms. The van der Waals surface area contributed by atoms with Gasteiger partial charge >= 0.3 is 5.97 Å².